The lowest BCUT2D eigenvalue weighted by Gasteiger charge is -2.36. The number of para-hydroxylation sites is 1. The zero-order chi connectivity index (χ0) is 34.0. The predicted octanol–water partition coefficient (Wildman–Crippen LogP) is 4.81. The van der Waals surface area contributed by atoms with Crippen molar-refractivity contribution in [2.45, 2.75) is 59.9 Å². The van der Waals surface area contributed by atoms with E-state index in [1.807, 2.05) is 42.2 Å². The summed E-state index contributed by atoms with van der Waals surface area (Å²) in [5.41, 5.74) is 1.55. The van der Waals surface area contributed by atoms with Gasteiger partial charge in [0.05, 0.1) is 28.8 Å². The van der Waals surface area contributed by atoms with E-state index >= 15 is 0 Å². The summed E-state index contributed by atoms with van der Waals surface area (Å²) in [7, 11) is 1.75. The lowest BCUT2D eigenvalue weighted by atomic mass is 9.96. The average Bonchev–Trinajstić information content (AvgIpc) is 3.46. The third kappa shape index (κ3) is 6.19. The Hall–Kier alpha value is -4.41. The van der Waals surface area contributed by atoms with Gasteiger partial charge < -0.3 is 9.64 Å². The molecule has 246 valence electrons. The monoisotopic (exact) mass is 674 g/mol. The summed E-state index contributed by atoms with van der Waals surface area (Å²) < 4.78 is 10.3. The maximum atomic E-state index is 14.2. The number of rotatable bonds is 9. The van der Waals surface area contributed by atoms with E-state index in [2.05, 4.69) is 6.07 Å². The van der Waals surface area contributed by atoms with Crippen molar-refractivity contribution >= 4 is 57.8 Å². The van der Waals surface area contributed by atoms with Gasteiger partial charge in [-0.15, -0.1) is 0 Å². The number of pyridine rings is 1. The molecule has 0 aliphatic carbocycles. The van der Waals surface area contributed by atoms with Gasteiger partial charge in [-0.3, -0.25) is 33.3 Å². The summed E-state index contributed by atoms with van der Waals surface area (Å²) in [4.78, 5) is 58.0. The highest BCUT2D eigenvalue weighted by atomic mass is 32.2. The molecule has 2 aliphatic rings. The van der Waals surface area contributed by atoms with Crippen LogP contribution in [0, 0.1) is 31.1 Å². The first-order chi connectivity index (χ1) is 22.5. The second kappa shape index (κ2) is 14.1. The molecule has 0 spiro atoms. The third-order valence-corrected chi connectivity index (χ3v) is 10.0. The summed E-state index contributed by atoms with van der Waals surface area (Å²) in [6.45, 7) is 8.81. The highest BCUT2D eigenvalue weighted by Gasteiger charge is 2.39. The molecule has 4 heterocycles. The van der Waals surface area contributed by atoms with Crippen LogP contribution in [0.5, 0.6) is 0 Å². The number of thiocarbonyl (C=S) groups is 1. The molecule has 1 atom stereocenters. The summed E-state index contributed by atoms with van der Waals surface area (Å²) in [5, 5.41) is 10.1. The Morgan fingerprint density at radius 2 is 1.87 bits per heavy atom. The minimum atomic E-state index is -0.468. The number of unbranched alkanes of at least 4 members (excludes halogenated alkanes) is 1. The van der Waals surface area contributed by atoms with Gasteiger partial charge in [0.2, 0.25) is 0 Å². The van der Waals surface area contributed by atoms with Crippen LogP contribution in [0.2, 0.25) is 0 Å². The fraction of sp³-hybridized carbons (Fsp3) is 0.412. The zero-order valence-electron chi connectivity index (χ0n) is 27.2. The number of benzene rings is 1. The van der Waals surface area contributed by atoms with Crippen molar-refractivity contribution in [1.29, 1.82) is 5.26 Å². The first-order valence-corrected chi connectivity index (χ1v) is 17.0. The van der Waals surface area contributed by atoms with E-state index in [1.54, 1.807) is 43.1 Å². The van der Waals surface area contributed by atoms with Gasteiger partial charge in [-0.1, -0.05) is 55.5 Å². The summed E-state index contributed by atoms with van der Waals surface area (Å²) in [6.07, 6.45) is 4.55. The second-order valence-corrected chi connectivity index (χ2v) is 13.3. The van der Waals surface area contributed by atoms with Gasteiger partial charge in [0, 0.05) is 32.2 Å². The van der Waals surface area contributed by atoms with Gasteiger partial charge in [-0.05, 0) is 63.8 Å². The quantitative estimate of drug-likeness (QED) is 0.179. The zero-order valence-corrected chi connectivity index (χ0v) is 28.9. The highest BCUT2D eigenvalue weighted by Crippen LogP contribution is 2.39. The number of amides is 1. The maximum absolute atomic E-state index is 14.2. The predicted molar refractivity (Wildman–Crippen MR) is 188 cm³/mol. The number of nitrogens with zero attached hydrogens (tertiary/aromatic N) is 6. The van der Waals surface area contributed by atoms with Crippen LogP contribution in [0.25, 0.3) is 11.8 Å². The summed E-state index contributed by atoms with van der Waals surface area (Å²) in [5.74, 6) is -0.578. The molecular weight excluding hydrogens is 637 g/mol. The number of hydrogen-bond acceptors (Lipinski definition) is 9. The van der Waals surface area contributed by atoms with Crippen molar-refractivity contribution in [2.24, 2.45) is 13.0 Å². The lowest BCUT2D eigenvalue weighted by molar-refractivity contribution is -0.148. The molecule has 3 aromatic rings. The molecule has 0 bridgehead atoms. The van der Waals surface area contributed by atoms with Gasteiger partial charge in [0.25, 0.3) is 17.0 Å². The Labute approximate surface area is 283 Å². The van der Waals surface area contributed by atoms with E-state index in [9.17, 15) is 24.4 Å². The Bertz CT molecular complexity index is 1930. The van der Waals surface area contributed by atoms with Crippen molar-refractivity contribution in [2.75, 3.05) is 29.5 Å². The molecule has 47 heavy (non-hydrogen) atoms. The number of nitriles is 1. The molecule has 0 saturated carbocycles. The van der Waals surface area contributed by atoms with Crippen molar-refractivity contribution in [3.05, 3.63) is 78.3 Å². The molecule has 5 rings (SSSR count). The van der Waals surface area contributed by atoms with Crippen molar-refractivity contribution in [3.63, 3.8) is 0 Å². The van der Waals surface area contributed by atoms with Crippen LogP contribution in [-0.2, 0) is 27.9 Å². The molecule has 13 heteroatoms. The number of esters is 1. The van der Waals surface area contributed by atoms with Crippen molar-refractivity contribution in [3.8, 4) is 11.8 Å². The Balaban J connectivity index is 1.65. The van der Waals surface area contributed by atoms with Crippen LogP contribution in [-0.4, -0.2) is 49.8 Å². The molecule has 2 aromatic heterocycles. The van der Waals surface area contributed by atoms with Gasteiger partial charge in [0.1, 0.15) is 23.1 Å². The van der Waals surface area contributed by atoms with Crippen LogP contribution < -0.4 is 20.9 Å². The Kier molecular flexibility index (Phi) is 10.2. The first-order valence-electron chi connectivity index (χ1n) is 15.8. The molecular formula is C34H38N6O5S2. The number of ether oxygens (including phenoxy) is 1. The number of carbonyl (C=O) groups excluding carboxylic acids is 2. The van der Waals surface area contributed by atoms with Crippen LogP contribution in [0.1, 0.15) is 61.9 Å². The standard InChI is InChI=1S/C34H38N6O5S2/c1-6-8-17-38-29(37-16-12-13-23(20-37)33(44)45-7-2)25(21(3)26(19-35)30(38)41)18-27-31(42)39(34(46)47-27)28-22(4)36(5)40(32(28)43)24-14-10-9-11-15-24/h9-11,14-15,18,23H,6-8,12-13,16-17,20H2,1-5H3/b27-18+. The first kappa shape index (κ1) is 33.9. The van der Waals surface area contributed by atoms with Gasteiger partial charge in [-0.25, -0.2) is 4.68 Å². The maximum Gasteiger partial charge on any atom is 0.310 e. The lowest BCUT2D eigenvalue weighted by Crippen LogP contribution is -2.43. The SMILES string of the molecule is CCCCn1c(N2CCCC(C(=O)OCC)C2)c(/C=C2/SC(=S)N(c3c(C)n(C)n(-c4ccccc4)c3=O)C2=O)c(C)c(C#N)c1=O. The number of hydrogen-bond donors (Lipinski definition) is 0. The average molecular weight is 675 g/mol. The molecule has 0 radical (unpaired) electrons. The van der Waals surface area contributed by atoms with Gasteiger partial charge in [0.15, 0.2) is 4.32 Å². The molecule has 2 fully saturated rings. The van der Waals surface area contributed by atoms with E-state index in [1.165, 1.54) is 9.58 Å². The van der Waals surface area contributed by atoms with E-state index in [0.717, 1.165) is 18.2 Å². The smallest absolute Gasteiger partial charge is 0.310 e. The molecule has 2 aliphatic heterocycles. The Morgan fingerprint density at radius 1 is 1.15 bits per heavy atom. The molecule has 1 unspecified atom stereocenters. The van der Waals surface area contributed by atoms with Crippen LogP contribution in [0.15, 0.2) is 44.8 Å². The molecule has 2 saturated heterocycles. The largest absolute Gasteiger partial charge is 0.466 e. The van der Waals surface area contributed by atoms with E-state index < -0.39 is 11.5 Å². The minimum Gasteiger partial charge on any atom is -0.466 e. The van der Waals surface area contributed by atoms with Crippen molar-refractivity contribution in [1.82, 2.24) is 13.9 Å². The van der Waals surface area contributed by atoms with Crippen LogP contribution >= 0.6 is 24.0 Å². The number of anilines is 2. The van der Waals surface area contributed by atoms with Crippen LogP contribution in [0.4, 0.5) is 11.5 Å². The van der Waals surface area contributed by atoms with Crippen LogP contribution in [0.3, 0.4) is 0 Å². The van der Waals surface area contributed by atoms with E-state index in [0.29, 0.717) is 67.2 Å². The van der Waals surface area contributed by atoms with Gasteiger partial charge in [-0.2, -0.15) is 5.26 Å². The normalized spacial score (nSPS) is 17.4. The van der Waals surface area contributed by atoms with E-state index in [4.69, 9.17) is 17.0 Å². The van der Waals surface area contributed by atoms with Gasteiger partial charge >= 0.3 is 5.97 Å². The molecule has 1 amide bonds. The second-order valence-electron chi connectivity index (χ2n) is 11.6. The topological polar surface area (TPSA) is 123 Å². The van der Waals surface area contributed by atoms with Crippen molar-refractivity contribution < 1.29 is 14.3 Å². The third-order valence-electron chi connectivity index (χ3n) is 8.74. The molecule has 1 aromatic carbocycles. The fourth-order valence-electron chi connectivity index (χ4n) is 6.23. The fourth-order valence-corrected chi connectivity index (χ4v) is 7.49. The molecule has 11 nitrogen and oxygen atoms in total. The Morgan fingerprint density at radius 3 is 2.53 bits per heavy atom. The molecule has 0 N–H and O–H groups in total. The summed E-state index contributed by atoms with van der Waals surface area (Å²) >= 11 is 6.76. The number of piperidine rings is 1. The number of thioether (sulfide) groups is 1. The highest BCUT2D eigenvalue weighted by molar-refractivity contribution is 8.27. The van der Waals surface area contributed by atoms with E-state index in [-0.39, 0.29) is 44.5 Å². The minimum absolute atomic E-state index is 0.00446. The number of carbonyl (C=O) groups is 2. The number of aromatic nitrogens is 3. The summed E-state index contributed by atoms with van der Waals surface area (Å²) in [6, 6.07) is 11.2.